The van der Waals surface area contributed by atoms with E-state index in [1.54, 1.807) is 11.8 Å². The number of ether oxygens (including phenoxy) is 1. The average molecular weight is 421 g/mol. The molecule has 0 spiro atoms. The lowest BCUT2D eigenvalue weighted by molar-refractivity contribution is -0.139. The molecule has 6 nitrogen and oxygen atoms in total. The minimum absolute atomic E-state index is 0.163. The number of anilines is 1. The highest BCUT2D eigenvalue weighted by Crippen LogP contribution is 2.38. The van der Waals surface area contributed by atoms with Crippen LogP contribution in [0.15, 0.2) is 22.9 Å². The average Bonchev–Trinajstić information content (AvgIpc) is 3.23. The van der Waals surface area contributed by atoms with E-state index in [0.29, 0.717) is 29.2 Å². The van der Waals surface area contributed by atoms with Crippen LogP contribution in [0.1, 0.15) is 49.9 Å². The molecule has 1 saturated heterocycles. The van der Waals surface area contributed by atoms with Crippen LogP contribution in [0.25, 0.3) is 10.4 Å². The first-order valence-electron chi connectivity index (χ1n) is 9.40. The number of hydrogen-bond donors (Lipinski definition) is 1. The van der Waals surface area contributed by atoms with Crippen LogP contribution in [0.4, 0.5) is 5.00 Å². The quantitative estimate of drug-likeness (QED) is 0.728. The van der Waals surface area contributed by atoms with Crippen molar-refractivity contribution in [1.29, 1.82) is 0 Å². The number of nitrogens with one attached hydrogen (secondary N) is 1. The van der Waals surface area contributed by atoms with Crippen LogP contribution in [0, 0.1) is 0 Å². The molecule has 1 N–H and O–H groups in total. The molecule has 1 atom stereocenters. The summed E-state index contributed by atoms with van der Waals surface area (Å²) >= 11 is 2.78. The van der Waals surface area contributed by atoms with Gasteiger partial charge < -0.3 is 15.0 Å². The lowest BCUT2D eigenvalue weighted by Gasteiger charge is -2.24. The number of hydrogen-bond acceptors (Lipinski definition) is 6. The minimum Gasteiger partial charge on any atom is -0.449 e. The van der Waals surface area contributed by atoms with Crippen LogP contribution >= 0.6 is 22.7 Å². The van der Waals surface area contributed by atoms with Gasteiger partial charge in [-0.15, -0.1) is 22.7 Å². The Balaban J connectivity index is 1.79. The molecule has 0 unspecified atom stereocenters. The first-order chi connectivity index (χ1) is 13.5. The van der Waals surface area contributed by atoms with Gasteiger partial charge in [0, 0.05) is 35.8 Å². The van der Waals surface area contributed by atoms with Crippen LogP contribution in [-0.2, 0) is 14.3 Å². The Hall–Kier alpha value is -2.19. The predicted molar refractivity (Wildman–Crippen MR) is 112 cm³/mol. The van der Waals surface area contributed by atoms with Gasteiger partial charge in [-0.2, -0.15) is 0 Å². The van der Waals surface area contributed by atoms with Crippen LogP contribution in [0.2, 0.25) is 0 Å². The Morgan fingerprint density at radius 1 is 1.14 bits per heavy atom. The third kappa shape index (κ3) is 4.80. The highest BCUT2D eigenvalue weighted by Gasteiger charge is 2.28. The van der Waals surface area contributed by atoms with Gasteiger partial charge in [0.05, 0.1) is 0 Å². The number of rotatable bonds is 5. The molecule has 3 rings (SSSR count). The maximum atomic E-state index is 13.0. The standard InChI is InChI=1S/C20H24N2O4S2/c1-13(19(24)22-9-5-3-4-6-10-22)26-20(25)17-15(16-8-7-11-27-16)12-28-18(17)21-14(2)23/h7-8,11-13H,3-6,9-10H2,1-2H3,(H,21,23)/t13-/m1/s1. The van der Waals surface area contributed by atoms with Crippen molar-refractivity contribution in [3.05, 3.63) is 28.5 Å². The van der Waals surface area contributed by atoms with Crippen molar-refractivity contribution in [1.82, 2.24) is 4.90 Å². The van der Waals surface area contributed by atoms with Crippen molar-refractivity contribution in [3.8, 4) is 10.4 Å². The summed E-state index contributed by atoms with van der Waals surface area (Å²) in [6.45, 7) is 4.42. The number of nitrogens with zero attached hydrogens (tertiary/aromatic N) is 1. The lowest BCUT2D eigenvalue weighted by atomic mass is 10.1. The van der Waals surface area contributed by atoms with Crippen molar-refractivity contribution in [3.63, 3.8) is 0 Å². The lowest BCUT2D eigenvalue weighted by Crippen LogP contribution is -2.40. The van der Waals surface area contributed by atoms with Crippen LogP contribution in [0.5, 0.6) is 0 Å². The summed E-state index contributed by atoms with van der Waals surface area (Å²) < 4.78 is 5.54. The number of carbonyl (C=O) groups is 3. The molecule has 1 aliphatic rings. The molecule has 2 aromatic rings. The van der Waals surface area contributed by atoms with Gasteiger partial charge in [-0.3, -0.25) is 9.59 Å². The Morgan fingerprint density at radius 3 is 2.46 bits per heavy atom. The van der Waals surface area contributed by atoms with Gasteiger partial charge in [-0.1, -0.05) is 18.9 Å². The summed E-state index contributed by atoms with van der Waals surface area (Å²) in [5.41, 5.74) is 1.02. The molecule has 2 amide bonds. The molecular weight excluding hydrogens is 396 g/mol. The molecule has 0 bridgehead atoms. The van der Waals surface area contributed by atoms with Gasteiger partial charge in [0.15, 0.2) is 6.10 Å². The monoisotopic (exact) mass is 420 g/mol. The molecule has 2 aromatic heterocycles. The van der Waals surface area contributed by atoms with Gasteiger partial charge in [0.25, 0.3) is 5.91 Å². The van der Waals surface area contributed by atoms with E-state index in [9.17, 15) is 14.4 Å². The smallest absolute Gasteiger partial charge is 0.342 e. The zero-order valence-corrected chi connectivity index (χ0v) is 17.7. The van der Waals surface area contributed by atoms with Gasteiger partial charge in [-0.05, 0) is 31.2 Å². The van der Waals surface area contributed by atoms with Crippen LogP contribution < -0.4 is 5.32 Å². The molecule has 0 radical (unpaired) electrons. The third-order valence-corrected chi connectivity index (χ3v) is 6.42. The van der Waals surface area contributed by atoms with Crippen molar-refractivity contribution in [2.75, 3.05) is 18.4 Å². The third-order valence-electron chi connectivity index (χ3n) is 4.62. The molecule has 150 valence electrons. The first-order valence-corrected chi connectivity index (χ1v) is 11.2. The normalized spacial score (nSPS) is 15.6. The largest absolute Gasteiger partial charge is 0.449 e. The molecule has 28 heavy (non-hydrogen) atoms. The molecule has 1 aliphatic heterocycles. The number of esters is 1. The molecule has 3 heterocycles. The molecule has 1 fully saturated rings. The summed E-state index contributed by atoms with van der Waals surface area (Å²) in [5, 5.41) is 6.89. The molecule has 8 heteroatoms. The number of thiophene rings is 2. The maximum absolute atomic E-state index is 13.0. The molecule has 0 aromatic carbocycles. The van der Waals surface area contributed by atoms with E-state index >= 15 is 0 Å². The SMILES string of the molecule is CC(=O)Nc1scc(-c2cccs2)c1C(=O)O[C@H](C)C(=O)N1CCCCCC1. The Bertz CT molecular complexity index is 837. The fraction of sp³-hybridized carbons (Fsp3) is 0.450. The number of carbonyl (C=O) groups excluding carboxylic acids is 3. The van der Waals surface area contributed by atoms with Crippen LogP contribution in [0.3, 0.4) is 0 Å². The van der Waals surface area contributed by atoms with E-state index < -0.39 is 12.1 Å². The van der Waals surface area contributed by atoms with E-state index in [1.807, 2.05) is 22.9 Å². The topological polar surface area (TPSA) is 75.7 Å². The Kier molecular flexibility index (Phi) is 6.85. The second-order valence-corrected chi connectivity index (χ2v) is 8.63. The summed E-state index contributed by atoms with van der Waals surface area (Å²) in [4.78, 5) is 39.9. The van der Waals surface area contributed by atoms with Gasteiger partial charge in [-0.25, -0.2) is 4.79 Å². The summed E-state index contributed by atoms with van der Waals surface area (Å²) in [6, 6.07) is 3.81. The molecule has 0 saturated carbocycles. The highest BCUT2D eigenvalue weighted by molar-refractivity contribution is 7.17. The number of likely N-dealkylation sites (tertiary alicyclic amines) is 1. The van der Waals surface area contributed by atoms with E-state index in [4.69, 9.17) is 4.74 Å². The van der Waals surface area contributed by atoms with E-state index in [1.165, 1.54) is 29.6 Å². The zero-order valence-electron chi connectivity index (χ0n) is 16.0. The summed E-state index contributed by atoms with van der Waals surface area (Å²) in [6.07, 6.45) is 3.33. The fourth-order valence-corrected chi connectivity index (χ4v) is 5.06. The zero-order chi connectivity index (χ0) is 20.1. The molecular formula is C20H24N2O4S2. The first kappa shape index (κ1) is 20.5. The van der Waals surface area contributed by atoms with Crippen molar-refractivity contribution in [2.45, 2.75) is 45.6 Å². The van der Waals surface area contributed by atoms with E-state index in [2.05, 4.69) is 5.32 Å². The Labute approximate surface area is 172 Å². The Morgan fingerprint density at radius 2 is 1.86 bits per heavy atom. The van der Waals surface area contributed by atoms with Crippen LogP contribution in [-0.4, -0.2) is 41.9 Å². The number of amides is 2. The predicted octanol–water partition coefficient (Wildman–Crippen LogP) is 4.38. The van der Waals surface area contributed by atoms with E-state index in [-0.39, 0.29) is 11.8 Å². The molecule has 0 aliphatic carbocycles. The van der Waals surface area contributed by atoms with Gasteiger partial charge in [0.2, 0.25) is 5.91 Å². The second kappa shape index (κ2) is 9.34. The van der Waals surface area contributed by atoms with Crippen molar-refractivity contribution in [2.24, 2.45) is 0 Å². The summed E-state index contributed by atoms with van der Waals surface area (Å²) in [7, 11) is 0. The fourth-order valence-electron chi connectivity index (χ4n) is 3.24. The van der Waals surface area contributed by atoms with E-state index in [0.717, 1.165) is 30.6 Å². The second-order valence-electron chi connectivity index (χ2n) is 6.80. The van der Waals surface area contributed by atoms with Crippen molar-refractivity contribution >= 4 is 45.5 Å². The minimum atomic E-state index is -0.869. The highest BCUT2D eigenvalue weighted by atomic mass is 32.1. The van der Waals surface area contributed by atoms with Gasteiger partial charge in [0.1, 0.15) is 10.6 Å². The maximum Gasteiger partial charge on any atom is 0.342 e. The summed E-state index contributed by atoms with van der Waals surface area (Å²) in [5.74, 6) is -1.02. The van der Waals surface area contributed by atoms with Crippen molar-refractivity contribution < 1.29 is 19.1 Å². The van der Waals surface area contributed by atoms with Gasteiger partial charge >= 0.3 is 5.97 Å².